The second-order valence-electron chi connectivity index (χ2n) is 6.15. The molecule has 0 aromatic heterocycles. The second kappa shape index (κ2) is 4.23. The Labute approximate surface area is 113 Å². The van der Waals surface area contributed by atoms with E-state index in [1.807, 2.05) is 30.3 Å². The zero-order valence-corrected chi connectivity index (χ0v) is 11.0. The summed E-state index contributed by atoms with van der Waals surface area (Å²) in [5, 5.41) is 9.55. The van der Waals surface area contributed by atoms with Gasteiger partial charge in [0.15, 0.2) is 0 Å². The van der Waals surface area contributed by atoms with Crippen LogP contribution in [0.4, 0.5) is 4.79 Å². The molecule has 3 aliphatic carbocycles. The van der Waals surface area contributed by atoms with Crippen molar-refractivity contribution in [3.8, 4) is 0 Å². The van der Waals surface area contributed by atoms with Gasteiger partial charge in [0.05, 0.1) is 5.54 Å². The van der Waals surface area contributed by atoms with E-state index in [0.29, 0.717) is 6.54 Å². The minimum absolute atomic E-state index is 0.108. The summed E-state index contributed by atoms with van der Waals surface area (Å²) in [6.45, 7) is 0.465. The van der Waals surface area contributed by atoms with Crippen LogP contribution in [0.25, 0.3) is 0 Å². The Morgan fingerprint density at radius 2 is 1.95 bits per heavy atom. The second-order valence-corrected chi connectivity index (χ2v) is 6.15. The minimum atomic E-state index is -0.826. The van der Waals surface area contributed by atoms with E-state index in [9.17, 15) is 9.90 Å². The maximum absolute atomic E-state index is 11.6. The molecule has 4 heteroatoms. The Hall–Kier alpha value is -1.55. The fourth-order valence-electron chi connectivity index (χ4n) is 3.91. The van der Waals surface area contributed by atoms with Crippen LogP contribution in [0.1, 0.15) is 37.7 Å². The molecule has 3 N–H and O–H groups in total. The van der Waals surface area contributed by atoms with Gasteiger partial charge in [0.1, 0.15) is 0 Å². The fraction of sp³-hybridized carbons (Fsp3) is 0.533. The van der Waals surface area contributed by atoms with Crippen LogP contribution in [0, 0.1) is 0 Å². The van der Waals surface area contributed by atoms with Crippen molar-refractivity contribution < 1.29 is 9.90 Å². The molecule has 0 heterocycles. The molecule has 4 rings (SSSR count). The molecule has 19 heavy (non-hydrogen) atoms. The molecule has 0 radical (unpaired) electrons. The molecule has 3 aliphatic rings. The third kappa shape index (κ3) is 2.10. The Morgan fingerprint density at radius 3 is 2.53 bits per heavy atom. The quantitative estimate of drug-likeness (QED) is 0.877. The number of rotatable bonds is 3. The highest BCUT2D eigenvalue weighted by molar-refractivity contribution is 5.67. The van der Waals surface area contributed by atoms with E-state index in [0.717, 1.165) is 37.7 Å². The SMILES string of the molecule is NC12CCCC(N(Cc3ccccc3)C(=O)O)(C1)C2. The summed E-state index contributed by atoms with van der Waals surface area (Å²) < 4.78 is 0. The van der Waals surface area contributed by atoms with Crippen LogP contribution in [0.15, 0.2) is 30.3 Å². The van der Waals surface area contributed by atoms with Crippen molar-refractivity contribution in [1.82, 2.24) is 4.90 Å². The van der Waals surface area contributed by atoms with Crippen molar-refractivity contribution in [2.24, 2.45) is 5.73 Å². The largest absolute Gasteiger partial charge is 0.465 e. The van der Waals surface area contributed by atoms with Gasteiger partial charge < -0.3 is 10.8 Å². The molecule has 1 amide bonds. The van der Waals surface area contributed by atoms with Crippen molar-refractivity contribution >= 4 is 6.09 Å². The molecule has 1 aromatic carbocycles. The summed E-state index contributed by atoms with van der Waals surface area (Å²) in [7, 11) is 0. The lowest BCUT2D eigenvalue weighted by Crippen LogP contribution is -2.71. The topological polar surface area (TPSA) is 66.6 Å². The van der Waals surface area contributed by atoms with E-state index in [1.165, 1.54) is 0 Å². The number of carboxylic acid groups (broad SMARTS) is 1. The molecule has 0 atom stereocenters. The van der Waals surface area contributed by atoms with Gasteiger partial charge in [-0.2, -0.15) is 0 Å². The number of benzene rings is 1. The lowest BCUT2D eigenvalue weighted by Gasteiger charge is -2.62. The Bertz CT molecular complexity index is 480. The number of nitrogens with two attached hydrogens (primary N) is 1. The highest BCUT2D eigenvalue weighted by Gasteiger charge is 2.59. The van der Waals surface area contributed by atoms with Crippen LogP contribution >= 0.6 is 0 Å². The van der Waals surface area contributed by atoms with Crippen LogP contribution in [-0.2, 0) is 6.54 Å². The first kappa shape index (κ1) is 12.5. The van der Waals surface area contributed by atoms with Gasteiger partial charge in [-0.05, 0) is 37.7 Å². The zero-order chi connectivity index (χ0) is 13.5. The zero-order valence-electron chi connectivity index (χ0n) is 11.0. The van der Waals surface area contributed by atoms with Crippen molar-refractivity contribution in [2.45, 2.75) is 49.7 Å². The smallest absolute Gasteiger partial charge is 0.408 e. The summed E-state index contributed by atoms with van der Waals surface area (Å²) >= 11 is 0. The van der Waals surface area contributed by atoms with E-state index in [-0.39, 0.29) is 11.1 Å². The Kier molecular flexibility index (Phi) is 2.78. The van der Waals surface area contributed by atoms with Gasteiger partial charge in [-0.25, -0.2) is 4.79 Å². The summed E-state index contributed by atoms with van der Waals surface area (Å²) in [5.74, 6) is 0. The number of hydrogen-bond donors (Lipinski definition) is 2. The number of carbonyl (C=O) groups is 1. The average molecular weight is 260 g/mol. The van der Waals surface area contributed by atoms with Gasteiger partial charge in [0, 0.05) is 12.1 Å². The number of nitrogens with zero attached hydrogens (tertiary/aromatic N) is 1. The van der Waals surface area contributed by atoms with E-state index >= 15 is 0 Å². The molecule has 4 nitrogen and oxygen atoms in total. The molecule has 3 saturated carbocycles. The first-order valence-corrected chi connectivity index (χ1v) is 6.87. The van der Waals surface area contributed by atoms with E-state index in [2.05, 4.69) is 0 Å². The first-order valence-electron chi connectivity index (χ1n) is 6.87. The normalized spacial score (nSPS) is 32.5. The molecule has 0 saturated heterocycles. The summed E-state index contributed by atoms with van der Waals surface area (Å²) in [6, 6.07) is 9.79. The molecular weight excluding hydrogens is 240 g/mol. The monoisotopic (exact) mass is 260 g/mol. The first-order chi connectivity index (χ1) is 9.03. The molecular formula is C15H20N2O2. The predicted molar refractivity (Wildman–Crippen MR) is 72.7 cm³/mol. The van der Waals surface area contributed by atoms with Crippen LogP contribution in [0.3, 0.4) is 0 Å². The third-order valence-electron chi connectivity index (χ3n) is 4.67. The Morgan fingerprint density at radius 1 is 1.26 bits per heavy atom. The lowest BCUT2D eigenvalue weighted by atomic mass is 9.54. The standard InChI is InChI=1S/C15H20N2O2/c16-14-7-4-8-15(10-14,11-14)17(13(18)19)9-12-5-2-1-3-6-12/h1-3,5-6H,4,7-11,16H2,(H,18,19). The fourth-order valence-corrected chi connectivity index (χ4v) is 3.91. The molecule has 3 fully saturated rings. The van der Waals surface area contributed by atoms with Crippen LogP contribution in [-0.4, -0.2) is 27.2 Å². The molecule has 0 spiro atoms. The maximum atomic E-state index is 11.6. The number of hydrogen-bond acceptors (Lipinski definition) is 2. The van der Waals surface area contributed by atoms with Crippen molar-refractivity contribution in [3.63, 3.8) is 0 Å². The van der Waals surface area contributed by atoms with Gasteiger partial charge in [-0.1, -0.05) is 30.3 Å². The maximum Gasteiger partial charge on any atom is 0.408 e. The molecule has 0 unspecified atom stereocenters. The summed E-state index contributed by atoms with van der Waals surface area (Å²) in [5.41, 5.74) is 6.96. The van der Waals surface area contributed by atoms with E-state index in [1.54, 1.807) is 4.90 Å². The highest BCUT2D eigenvalue weighted by Crippen LogP contribution is 2.54. The third-order valence-corrected chi connectivity index (χ3v) is 4.67. The summed E-state index contributed by atoms with van der Waals surface area (Å²) in [6.07, 6.45) is 3.83. The van der Waals surface area contributed by atoms with Crippen LogP contribution in [0.2, 0.25) is 0 Å². The Balaban J connectivity index is 1.81. The van der Waals surface area contributed by atoms with Gasteiger partial charge in [0.25, 0.3) is 0 Å². The van der Waals surface area contributed by atoms with Crippen molar-refractivity contribution in [1.29, 1.82) is 0 Å². The molecule has 0 aliphatic heterocycles. The van der Waals surface area contributed by atoms with E-state index < -0.39 is 6.09 Å². The van der Waals surface area contributed by atoms with Crippen LogP contribution < -0.4 is 5.73 Å². The van der Waals surface area contributed by atoms with Crippen molar-refractivity contribution in [3.05, 3.63) is 35.9 Å². The summed E-state index contributed by atoms with van der Waals surface area (Å²) in [4.78, 5) is 13.2. The van der Waals surface area contributed by atoms with Gasteiger partial charge in [-0.15, -0.1) is 0 Å². The highest BCUT2D eigenvalue weighted by atomic mass is 16.4. The molecule has 1 aromatic rings. The van der Waals surface area contributed by atoms with Crippen LogP contribution in [0.5, 0.6) is 0 Å². The van der Waals surface area contributed by atoms with Crippen molar-refractivity contribution in [2.75, 3.05) is 0 Å². The van der Waals surface area contributed by atoms with Gasteiger partial charge in [-0.3, -0.25) is 4.90 Å². The molecule has 2 bridgehead atoms. The lowest BCUT2D eigenvalue weighted by molar-refractivity contribution is -0.0696. The number of fused-ring (bicyclic) bond motifs is 2. The van der Waals surface area contributed by atoms with Gasteiger partial charge >= 0.3 is 6.09 Å². The van der Waals surface area contributed by atoms with Gasteiger partial charge in [0.2, 0.25) is 0 Å². The molecule has 102 valence electrons. The number of amides is 1. The minimum Gasteiger partial charge on any atom is -0.465 e. The average Bonchev–Trinajstić information content (AvgIpc) is 2.35. The predicted octanol–water partition coefficient (Wildman–Crippen LogP) is 2.58. The van der Waals surface area contributed by atoms with E-state index in [4.69, 9.17) is 5.73 Å².